The van der Waals surface area contributed by atoms with Gasteiger partial charge in [0.15, 0.2) is 11.7 Å². The number of guanidine groups is 1. The molecule has 0 aliphatic carbocycles. The van der Waals surface area contributed by atoms with Crippen molar-refractivity contribution in [2.24, 2.45) is 4.99 Å². The SMILES string of the molecule is CCNC(=NCc1ccc(NC(=O)c2ccco2)cc1)NCC1CCCN1CC.I. The number of nitrogens with one attached hydrogen (secondary N) is 3. The molecule has 3 rings (SSSR count). The van der Waals surface area contributed by atoms with Gasteiger partial charge in [0.2, 0.25) is 0 Å². The van der Waals surface area contributed by atoms with Gasteiger partial charge in [-0.1, -0.05) is 19.1 Å². The highest BCUT2D eigenvalue weighted by Gasteiger charge is 2.22. The van der Waals surface area contributed by atoms with Crippen LogP contribution >= 0.6 is 24.0 Å². The number of likely N-dealkylation sites (tertiary alicyclic amines) is 1. The maximum Gasteiger partial charge on any atom is 0.291 e. The van der Waals surface area contributed by atoms with E-state index in [0.29, 0.717) is 18.3 Å². The van der Waals surface area contributed by atoms with Gasteiger partial charge in [0.05, 0.1) is 12.8 Å². The highest BCUT2D eigenvalue weighted by atomic mass is 127. The van der Waals surface area contributed by atoms with Crippen LogP contribution in [0.2, 0.25) is 0 Å². The third-order valence-corrected chi connectivity index (χ3v) is 5.13. The summed E-state index contributed by atoms with van der Waals surface area (Å²) >= 11 is 0. The molecule has 1 aromatic heterocycles. The number of furan rings is 1. The Hall–Kier alpha value is -2.07. The molecule has 164 valence electrons. The van der Waals surface area contributed by atoms with Crippen LogP contribution < -0.4 is 16.0 Å². The van der Waals surface area contributed by atoms with Gasteiger partial charge < -0.3 is 20.4 Å². The van der Waals surface area contributed by atoms with E-state index < -0.39 is 0 Å². The molecule has 1 aliphatic heterocycles. The highest BCUT2D eigenvalue weighted by molar-refractivity contribution is 14.0. The number of hydrogen-bond donors (Lipinski definition) is 3. The number of carbonyl (C=O) groups excluding carboxylic acids is 1. The minimum atomic E-state index is -0.257. The molecule has 2 aromatic rings. The topological polar surface area (TPSA) is 81.9 Å². The molecule has 1 amide bonds. The number of halogens is 1. The number of carbonyl (C=O) groups is 1. The minimum Gasteiger partial charge on any atom is -0.459 e. The van der Waals surface area contributed by atoms with E-state index in [2.05, 4.69) is 34.7 Å². The Morgan fingerprint density at radius 3 is 2.67 bits per heavy atom. The van der Waals surface area contributed by atoms with E-state index in [-0.39, 0.29) is 29.9 Å². The van der Waals surface area contributed by atoms with Crippen molar-refractivity contribution < 1.29 is 9.21 Å². The maximum atomic E-state index is 12.0. The van der Waals surface area contributed by atoms with Crippen LogP contribution in [0.3, 0.4) is 0 Å². The average Bonchev–Trinajstić information content (AvgIpc) is 3.43. The molecule has 1 saturated heterocycles. The van der Waals surface area contributed by atoms with Crippen LogP contribution in [0.4, 0.5) is 5.69 Å². The van der Waals surface area contributed by atoms with Crippen molar-refractivity contribution in [1.82, 2.24) is 15.5 Å². The fraction of sp³-hybridized carbons (Fsp3) is 0.455. The Balaban J connectivity index is 0.00000320. The summed E-state index contributed by atoms with van der Waals surface area (Å²) in [6.45, 7) is 8.90. The summed E-state index contributed by atoms with van der Waals surface area (Å²) in [5, 5.41) is 9.62. The number of anilines is 1. The van der Waals surface area contributed by atoms with E-state index in [1.54, 1.807) is 12.1 Å². The van der Waals surface area contributed by atoms with Gasteiger partial charge in [0.1, 0.15) is 0 Å². The second-order valence-corrected chi connectivity index (χ2v) is 7.13. The van der Waals surface area contributed by atoms with Gasteiger partial charge in [-0.15, -0.1) is 24.0 Å². The van der Waals surface area contributed by atoms with Crippen molar-refractivity contribution in [3.8, 4) is 0 Å². The van der Waals surface area contributed by atoms with Crippen LogP contribution in [0.15, 0.2) is 52.1 Å². The third kappa shape index (κ3) is 7.02. The van der Waals surface area contributed by atoms with E-state index in [1.807, 2.05) is 24.3 Å². The molecule has 1 unspecified atom stereocenters. The van der Waals surface area contributed by atoms with Crippen molar-refractivity contribution in [3.63, 3.8) is 0 Å². The Bertz CT molecular complexity index is 792. The summed E-state index contributed by atoms with van der Waals surface area (Å²) in [6.07, 6.45) is 4.00. The molecule has 8 heteroatoms. The lowest BCUT2D eigenvalue weighted by atomic mass is 10.2. The summed E-state index contributed by atoms with van der Waals surface area (Å²) in [4.78, 5) is 19.2. The molecule has 0 saturated carbocycles. The Labute approximate surface area is 195 Å². The lowest BCUT2D eigenvalue weighted by molar-refractivity contribution is 0.0996. The molecular weight excluding hydrogens is 493 g/mol. The van der Waals surface area contributed by atoms with E-state index >= 15 is 0 Å². The van der Waals surface area contributed by atoms with Gasteiger partial charge in [-0.05, 0) is 62.7 Å². The zero-order valence-corrected chi connectivity index (χ0v) is 20.0. The second kappa shape index (κ2) is 12.6. The number of aliphatic imine (C=N–C) groups is 1. The second-order valence-electron chi connectivity index (χ2n) is 7.13. The first-order valence-electron chi connectivity index (χ1n) is 10.4. The van der Waals surface area contributed by atoms with E-state index in [1.165, 1.54) is 25.6 Å². The normalized spacial score (nSPS) is 16.7. The molecule has 30 heavy (non-hydrogen) atoms. The molecule has 1 aromatic carbocycles. The Kier molecular flexibility index (Phi) is 10.2. The molecule has 7 nitrogen and oxygen atoms in total. The standard InChI is InChI=1S/C22H31N5O2.HI/c1-3-23-22(25-16-19-7-5-13-27(19)4-2)24-15-17-9-11-18(12-10-17)26-21(28)20-8-6-14-29-20;/h6,8-12,14,19H,3-5,7,13,15-16H2,1-2H3,(H,26,28)(H2,23,24,25);1H. The third-order valence-electron chi connectivity index (χ3n) is 5.13. The first kappa shape index (κ1) is 24.2. The van der Waals surface area contributed by atoms with Crippen molar-refractivity contribution in [2.75, 3.05) is 31.5 Å². The molecule has 2 heterocycles. The van der Waals surface area contributed by atoms with Gasteiger partial charge in [-0.25, -0.2) is 4.99 Å². The predicted molar refractivity (Wildman–Crippen MR) is 132 cm³/mol. The summed E-state index contributed by atoms with van der Waals surface area (Å²) in [7, 11) is 0. The fourth-order valence-electron chi connectivity index (χ4n) is 3.56. The lowest BCUT2D eigenvalue weighted by Crippen LogP contribution is -2.44. The van der Waals surface area contributed by atoms with Crippen LogP contribution in [-0.4, -0.2) is 49.0 Å². The average molecular weight is 525 g/mol. The molecule has 0 radical (unpaired) electrons. The van der Waals surface area contributed by atoms with Crippen LogP contribution in [0.25, 0.3) is 0 Å². The molecule has 0 bridgehead atoms. The molecule has 1 fully saturated rings. The number of benzene rings is 1. The van der Waals surface area contributed by atoms with Crippen LogP contribution in [0, 0.1) is 0 Å². The Morgan fingerprint density at radius 1 is 1.20 bits per heavy atom. The van der Waals surface area contributed by atoms with Crippen molar-refractivity contribution in [3.05, 3.63) is 54.0 Å². The van der Waals surface area contributed by atoms with Crippen LogP contribution in [0.5, 0.6) is 0 Å². The van der Waals surface area contributed by atoms with E-state index in [9.17, 15) is 4.79 Å². The predicted octanol–water partition coefficient (Wildman–Crippen LogP) is 3.69. The van der Waals surface area contributed by atoms with Crippen LogP contribution in [0.1, 0.15) is 42.8 Å². The summed E-state index contributed by atoms with van der Waals surface area (Å²) in [5.41, 5.74) is 1.80. The number of likely N-dealkylation sites (N-methyl/N-ethyl adjacent to an activating group) is 1. The smallest absolute Gasteiger partial charge is 0.291 e. The highest BCUT2D eigenvalue weighted by Crippen LogP contribution is 2.15. The summed E-state index contributed by atoms with van der Waals surface area (Å²) in [6, 6.07) is 11.6. The quantitative estimate of drug-likeness (QED) is 0.278. The van der Waals surface area contributed by atoms with E-state index in [0.717, 1.165) is 36.8 Å². The number of hydrogen-bond acceptors (Lipinski definition) is 4. The van der Waals surface area contributed by atoms with Gasteiger partial charge in [-0.3, -0.25) is 9.69 Å². The molecule has 0 spiro atoms. The molecule has 1 aliphatic rings. The van der Waals surface area contributed by atoms with Crippen LogP contribution in [-0.2, 0) is 6.54 Å². The van der Waals surface area contributed by atoms with Gasteiger partial charge in [0.25, 0.3) is 5.91 Å². The maximum absolute atomic E-state index is 12.0. The van der Waals surface area contributed by atoms with Crippen molar-refractivity contribution in [1.29, 1.82) is 0 Å². The number of nitrogens with zero attached hydrogens (tertiary/aromatic N) is 2. The van der Waals surface area contributed by atoms with E-state index in [4.69, 9.17) is 9.41 Å². The molecular formula is C22H32IN5O2. The van der Waals surface area contributed by atoms with Gasteiger partial charge in [0, 0.05) is 24.8 Å². The largest absolute Gasteiger partial charge is 0.459 e. The first-order chi connectivity index (χ1) is 14.2. The van der Waals surface area contributed by atoms with Crippen molar-refractivity contribution in [2.45, 2.75) is 39.3 Å². The summed E-state index contributed by atoms with van der Waals surface area (Å²) in [5.74, 6) is 0.877. The fourth-order valence-corrected chi connectivity index (χ4v) is 3.56. The zero-order chi connectivity index (χ0) is 20.5. The number of rotatable bonds is 8. The summed E-state index contributed by atoms with van der Waals surface area (Å²) < 4.78 is 5.11. The minimum absolute atomic E-state index is 0. The first-order valence-corrected chi connectivity index (χ1v) is 10.4. The molecule has 1 atom stereocenters. The van der Waals surface area contributed by atoms with Gasteiger partial charge in [-0.2, -0.15) is 0 Å². The Morgan fingerprint density at radius 2 is 2.00 bits per heavy atom. The number of amides is 1. The van der Waals surface area contributed by atoms with Crippen molar-refractivity contribution >= 4 is 41.5 Å². The monoisotopic (exact) mass is 525 g/mol. The molecule has 3 N–H and O–H groups in total. The zero-order valence-electron chi connectivity index (χ0n) is 17.7. The van der Waals surface area contributed by atoms with Gasteiger partial charge >= 0.3 is 0 Å². The lowest BCUT2D eigenvalue weighted by Gasteiger charge is -2.24.